The number of carbonyl (C=O) groups is 1. The van der Waals surface area contributed by atoms with Gasteiger partial charge in [0.15, 0.2) is 0 Å². The fourth-order valence-electron chi connectivity index (χ4n) is 3.06. The van der Waals surface area contributed by atoms with Crippen LogP contribution in [-0.2, 0) is 12.0 Å². The average Bonchev–Trinajstić information content (AvgIpc) is 3.05. The maximum atomic E-state index is 12.3. The molecule has 1 heterocycles. The SMILES string of the molecule is COc1ccc(C(C)(C)NC(=O)NCCc2c[nH]c3ccccc23)cc1. The Morgan fingerprint density at radius 2 is 1.85 bits per heavy atom. The van der Waals surface area contributed by atoms with Crippen LogP contribution in [0.3, 0.4) is 0 Å². The predicted octanol–water partition coefficient (Wildman–Crippen LogP) is 3.95. The Labute approximate surface area is 153 Å². The summed E-state index contributed by atoms with van der Waals surface area (Å²) in [5.41, 5.74) is 2.87. The van der Waals surface area contributed by atoms with Crippen LogP contribution in [-0.4, -0.2) is 24.7 Å². The lowest BCUT2D eigenvalue weighted by molar-refractivity contribution is 0.230. The summed E-state index contributed by atoms with van der Waals surface area (Å²) in [6.45, 7) is 4.54. The van der Waals surface area contributed by atoms with E-state index in [1.165, 1.54) is 10.9 Å². The number of ether oxygens (including phenoxy) is 1. The highest BCUT2D eigenvalue weighted by Crippen LogP contribution is 2.22. The molecular formula is C21H25N3O2. The molecular weight excluding hydrogens is 326 g/mol. The molecule has 0 saturated heterocycles. The summed E-state index contributed by atoms with van der Waals surface area (Å²) in [5.74, 6) is 0.799. The van der Waals surface area contributed by atoms with Crippen molar-refractivity contribution in [3.05, 3.63) is 65.9 Å². The first-order valence-electron chi connectivity index (χ1n) is 8.75. The summed E-state index contributed by atoms with van der Waals surface area (Å²) in [4.78, 5) is 15.5. The number of aromatic amines is 1. The van der Waals surface area contributed by atoms with Crippen LogP contribution in [0.2, 0.25) is 0 Å². The van der Waals surface area contributed by atoms with Crippen LogP contribution < -0.4 is 15.4 Å². The van der Waals surface area contributed by atoms with E-state index in [4.69, 9.17) is 4.74 Å². The molecule has 5 nitrogen and oxygen atoms in total. The van der Waals surface area contributed by atoms with Gasteiger partial charge in [0.1, 0.15) is 5.75 Å². The maximum absolute atomic E-state index is 12.3. The van der Waals surface area contributed by atoms with E-state index < -0.39 is 5.54 Å². The van der Waals surface area contributed by atoms with Gasteiger partial charge in [-0.15, -0.1) is 0 Å². The molecule has 5 heteroatoms. The average molecular weight is 351 g/mol. The van der Waals surface area contributed by atoms with Crippen molar-refractivity contribution < 1.29 is 9.53 Å². The first kappa shape index (κ1) is 17.9. The second-order valence-electron chi connectivity index (χ2n) is 6.84. The van der Waals surface area contributed by atoms with Crippen LogP contribution >= 0.6 is 0 Å². The number of carbonyl (C=O) groups excluding carboxylic acids is 1. The highest BCUT2D eigenvalue weighted by atomic mass is 16.5. The molecule has 26 heavy (non-hydrogen) atoms. The van der Waals surface area contributed by atoms with Crippen molar-refractivity contribution in [2.24, 2.45) is 0 Å². The quantitative estimate of drug-likeness (QED) is 0.629. The standard InChI is InChI=1S/C21H25N3O2/c1-21(2,16-8-10-17(26-3)11-9-16)24-20(25)22-13-12-15-14-23-19-7-5-4-6-18(15)19/h4-11,14,23H,12-13H2,1-3H3,(H2,22,24,25). The topological polar surface area (TPSA) is 66.2 Å². The number of H-pyrrole nitrogens is 1. The van der Waals surface area contributed by atoms with E-state index in [9.17, 15) is 4.79 Å². The van der Waals surface area contributed by atoms with Crippen LogP contribution in [0.5, 0.6) is 5.75 Å². The molecule has 0 bridgehead atoms. The van der Waals surface area contributed by atoms with Crippen molar-refractivity contribution in [1.29, 1.82) is 0 Å². The molecule has 1 aromatic heterocycles. The van der Waals surface area contributed by atoms with Gasteiger partial charge >= 0.3 is 6.03 Å². The lowest BCUT2D eigenvalue weighted by Crippen LogP contribution is -2.46. The normalized spacial score (nSPS) is 11.3. The van der Waals surface area contributed by atoms with Crippen molar-refractivity contribution in [3.63, 3.8) is 0 Å². The van der Waals surface area contributed by atoms with E-state index in [-0.39, 0.29) is 6.03 Å². The number of urea groups is 1. The van der Waals surface area contributed by atoms with E-state index in [1.807, 2.05) is 56.4 Å². The van der Waals surface area contributed by atoms with Crippen LogP contribution in [0.15, 0.2) is 54.7 Å². The summed E-state index contributed by atoms with van der Waals surface area (Å²) in [7, 11) is 1.64. The molecule has 0 saturated carbocycles. The predicted molar refractivity (Wildman–Crippen MR) is 105 cm³/mol. The smallest absolute Gasteiger partial charge is 0.315 e. The molecule has 0 aliphatic carbocycles. The minimum atomic E-state index is -0.475. The number of rotatable bonds is 6. The maximum Gasteiger partial charge on any atom is 0.315 e. The first-order chi connectivity index (χ1) is 12.5. The number of aromatic nitrogens is 1. The van der Waals surface area contributed by atoms with E-state index in [0.29, 0.717) is 6.54 Å². The summed E-state index contributed by atoms with van der Waals surface area (Å²) in [5, 5.41) is 7.18. The lowest BCUT2D eigenvalue weighted by Gasteiger charge is -2.27. The third kappa shape index (κ3) is 3.99. The van der Waals surface area contributed by atoms with Crippen LogP contribution in [0.25, 0.3) is 10.9 Å². The second-order valence-corrected chi connectivity index (χ2v) is 6.84. The molecule has 3 aromatic rings. The zero-order valence-electron chi connectivity index (χ0n) is 15.4. The molecule has 0 atom stereocenters. The number of amides is 2. The number of hydrogen-bond donors (Lipinski definition) is 3. The molecule has 0 spiro atoms. The highest BCUT2D eigenvalue weighted by Gasteiger charge is 2.22. The third-order valence-corrected chi connectivity index (χ3v) is 4.59. The summed E-state index contributed by atoms with van der Waals surface area (Å²) in [6.07, 6.45) is 2.78. The van der Waals surface area contributed by atoms with E-state index in [2.05, 4.69) is 27.8 Å². The Morgan fingerprint density at radius 1 is 1.12 bits per heavy atom. The minimum absolute atomic E-state index is 0.175. The molecule has 0 aliphatic heterocycles. The van der Waals surface area contributed by atoms with Gasteiger partial charge in [-0.2, -0.15) is 0 Å². The van der Waals surface area contributed by atoms with Crippen molar-refractivity contribution in [2.45, 2.75) is 25.8 Å². The number of hydrogen-bond acceptors (Lipinski definition) is 2. The van der Waals surface area contributed by atoms with Crippen LogP contribution in [0, 0.1) is 0 Å². The van der Waals surface area contributed by atoms with Crippen molar-refractivity contribution in [3.8, 4) is 5.75 Å². The number of fused-ring (bicyclic) bond motifs is 1. The zero-order chi connectivity index (χ0) is 18.6. The molecule has 136 valence electrons. The largest absolute Gasteiger partial charge is 0.497 e. The van der Waals surface area contributed by atoms with Crippen molar-refractivity contribution in [1.82, 2.24) is 15.6 Å². The molecule has 2 aromatic carbocycles. The Morgan fingerprint density at radius 3 is 2.58 bits per heavy atom. The summed E-state index contributed by atoms with van der Waals surface area (Å²) >= 11 is 0. The monoisotopic (exact) mass is 351 g/mol. The van der Waals surface area contributed by atoms with E-state index in [1.54, 1.807) is 7.11 Å². The van der Waals surface area contributed by atoms with Gasteiger partial charge < -0.3 is 20.4 Å². The molecule has 0 unspecified atom stereocenters. The molecule has 0 aliphatic rings. The fourth-order valence-corrected chi connectivity index (χ4v) is 3.06. The lowest BCUT2D eigenvalue weighted by atomic mass is 9.94. The Kier molecular flexibility index (Phi) is 5.16. The molecule has 3 N–H and O–H groups in total. The van der Waals surface area contributed by atoms with Gasteiger partial charge in [0.25, 0.3) is 0 Å². The van der Waals surface area contributed by atoms with Gasteiger partial charge in [-0.1, -0.05) is 30.3 Å². The Balaban J connectivity index is 1.54. The molecule has 2 amide bonds. The first-order valence-corrected chi connectivity index (χ1v) is 8.75. The Hall–Kier alpha value is -2.95. The van der Waals surface area contributed by atoms with Gasteiger partial charge in [-0.3, -0.25) is 0 Å². The molecule has 0 fully saturated rings. The summed E-state index contributed by atoms with van der Waals surface area (Å²) in [6, 6.07) is 15.7. The van der Waals surface area contributed by atoms with E-state index >= 15 is 0 Å². The minimum Gasteiger partial charge on any atom is -0.497 e. The number of nitrogens with one attached hydrogen (secondary N) is 3. The number of benzene rings is 2. The second kappa shape index (κ2) is 7.52. The third-order valence-electron chi connectivity index (χ3n) is 4.59. The van der Waals surface area contributed by atoms with Gasteiger partial charge in [-0.25, -0.2) is 4.79 Å². The van der Waals surface area contributed by atoms with Crippen LogP contribution in [0.1, 0.15) is 25.0 Å². The number of methoxy groups -OCH3 is 1. The van der Waals surface area contributed by atoms with Gasteiger partial charge in [0.2, 0.25) is 0 Å². The Bertz CT molecular complexity index is 882. The van der Waals surface area contributed by atoms with Gasteiger partial charge in [0.05, 0.1) is 12.6 Å². The van der Waals surface area contributed by atoms with Gasteiger partial charge in [-0.05, 0) is 49.6 Å². The highest BCUT2D eigenvalue weighted by molar-refractivity contribution is 5.83. The number of para-hydroxylation sites is 1. The van der Waals surface area contributed by atoms with Crippen molar-refractivity contribution in [2.75, 3.05) is 13.7 Å². The van der Waals surface area contributed by atoms with Crippen LogP contribution in [0.4, 0.5) is 4.79 Å². The fraction of sp³-hybridized carbons (Fsp3) is 0.286. The zero-order valence-corrected chi connectivity index (χ0v) is 15.4. The van der Waals surface area contributed by atoms with Gasteiger partial charge in [0, 0.05) is 23.6 Å². The summed E-state index contributed by atoms with van der Waals surface area (Å²) < 4.78 is 5.18. The molecule has 3 rings (SSSR count). The molecule has 0 radical (unpaired) electrons. The van der Waals surface area contributed by atoms with E-state index in [0.717, 1.165) is 23.3 Å². The van der Waals surface area contributed by atoms with Crippen molar-refractivity contribution >= 4 is 16.9 Å².